The fourth-order valence-corrected chi connectivity index (χ4v) is 5.77. The van der Waals surface area contributed by atoms with Crippen LogP contribution in [0.2, 0.25) is 0 Å². The van der Waals surface area contributed by atoms with Crippen molar-refractivity contribution in [2.75, 3.05) is 43.4 Å². The van der Waals surface area contributed by atoms with Gasteiger partial charge in [-0.2, -0.15) is 4.98 Å². The number of aromatic nitrogens is 4. The van der Waals surface area contributed by atoms with Gasteiger partial charge in [-0.15, -0.1) is 6.42 Å². The molecule has 1 spiro atoms. The molecule has 9 nitrogen and oxygen atoms in total. The Balaban J connectivity index is 1.27. The molecule has 2 aliphatic heterocycles. The van der Waals surface area contributed by atoms with E-state index in [2.05, 4.69) is 47.9 Å². The lowest BCUT2D eigenvalue weighted by Gasteiger charge is -2.42. The van der Waals surface area contributed by atoms with Gasteiger partial charge >= 0.3 is 0 Å². The predicted molar refractivity (Wildman–Crippen MR) is 136 cm³/mol. The number of terminal acetylenes is 1. The van der Waals surface area contributed by atoms with E-state index in [0.717, 1.165) is 62.0 Å². The molecule has 3 aromatic heterocycles. The zero-order chi connectivity index (χ0) is 24.0. The van der Waals surface area contributed by atoms with Gasteiger partial charge in [0.1, 0.15) is 17.2 Å². The molecule has 9 heteroatoms. The quantitative estimate of drug-likeness (QED) is 0.569. The Morgan fingerprint density at radius 1 is 1.17 bits per heavy atom. The Morgan fingerprint density at radius 3 is 2.80 bits per heavy atom. The first kappa shape index (κ1) is 21.9. The smallest absolute Gasteiger partial charge is 0.268 e. The van der Waals surface area contributed by atoms with Crippen molar-refractivity contribution >= 4 is 34.4 Å². The summed E-state index contributed by atoms with van der Waals surface area (Å²) in [6.45, 7) is 3.28. The highest BCUT2D eigenvalue weighted by Gasteiger charge is 2.41. The molecule has 5 heterocycles. The van der Waals surface area contributed by atoms with E-state index in [0.29, 0.717) is 24.0 Å². The van der Waals surface area contributed by atoms with Gasteiger partial charge in [0, 0.05) is 37.8 Å². The molecule has 3 aliphatic rings. The molecule has 0 aromatic carbocycles. The summed E-state index contributed by atoms with van der Waals surface area (Å²) in [4.78, 5) is 31.1. The fourth-order valence-electron chi connectivity index (χ4n) is 5.77. The Labute approximate surface area is 204 Å². The second-order valence-electron chi connectivity index (χ2n) is 9.94. The van der Waals surface area contributed by atoms with Crippen LogP contribution in [-0.4, -0.2) is 69.6 Å². The van der Waals surface area contributed by atoms with Crippen molar-refractivity contribution < 1.29 is 4.79 Å². The molecule has 35 heavy (non-hydrogen) atoms. The molecule has 180 valence electrons. The van der Waals surface area contributed by atoms with Crippen LogP contribution in [0.1, 0.15) is 42.6 Å². The molecule has 0 radical (unpaired) electrons. The first-order chi connectivity index (χ1) is 17.1. The maximum absolute atomic E-state index is 12.7. The summed E-state index contributed by atoms with van der Waals surface area (Å²) in [6, 6.07) is 6.00. The maximum atomic E-state index is 12.7. The van der Waals surface area contributed by atoms with Crippen LogP contribution in [-0.2, 0) is 5.54 Å². The maximum Gasteiger partial charge on any atom is 0.268 e. The number of fused-ring (bicyclic) bond motifs is 4. The van der Waals surface area contributed by atoms with Crippen LogP contribution in [0, 0.1) is 12.3 Å². The standard InChI is InChI=1S/C26H30N8O/c1-3-19-16-33(12-11-32(19)2)20-7-8-22(27-15-20)30-25-28-14-18-13-21-24(35)29-17-26(9-5-4-6-10-26)34(21)23(18)31-25/h1,7-8,13-15,19H,4-6,9-12,16-17H2,2H3,(H,29,35)(H,27,28,30,31). The van der Waals surface area contributed by atoms with E-state index in [4.69, 9.17) is 11.4 Å². The topological polar surface area (TPSA) is 91.2 Å². The summed E-state index contributed by atoms with van der Waals surface area (Å²) in [5.74, 6) is 3.97. The van der Waals surface area contributed by atoms with Gasteiger partial charge in [-0.05, 0) is 38.1 Å². The number of carbonyl (C=O) groups is 1. The van der Waals surface area contributed by atoms with Crippen LogP contribution >= 0.6 is 0 Å². The number of hydrogen-bond donors (Lipinski definition) is 2. The van der Waals surface area contributed by atoms with Crippen LogP contribution in [0.3, 0.4) is 0 Å². The van der Waals surface area contributed by atoms with Gasteiger partial charge in [0.2, 0.25) is 5.95 Å². The average molecular weight is 471 g/mol. The molecule has 1 unspecified atom stereocenters. The van der Waals surface area contributed by atoms with Gasteiger partial charge in [-0.1, -0.05) is 25.2 Å². The number of rotatable bonds is 3. The summed E-state index contributed by atoms with van der Waals surface area (Å²) < 4.78 is 2.18. The number of hydrogen-bond acceptors (Lipinski definition) is 7. The van der Waals surface area contributed by atoms with Crippen molar-refractivity contribution in [3.63, 3.8) is 0 Å². The molecule has 2 N–H and O–H groups in total. The van der Waals surface area contributed by atoms with E-state index in [1.165, 1.54) is 6.42 Å². The zero-order valence-electron chi connectivity index (χ0n) is 20.0. The second-order valence-corrected chi connectivity index (χ2v) is 9.94. The van der Waals surface area contributed by atoms with Crippen molar-refractivity contribution in [3.8, 4) is 12.3 Å². The lowest BCUT2D eigenvalue weighted by molar-refractivity contribution is 0.0833. The molecule has 1 saturated heterocycles. The van der Waals surface area contributed by atoms with E-state index < -0.39 is 0 Å². The van der Waals surface area contributed by atoms with Crippen molar-refractivity contribution in [3.05, 3.63) is 36.3 Å². The summed E-state index contributed by atoms with van der Waals surface area (Å²) in [6.07, 6.45) is 15.0. The molecule has 1 atom stereocenters. The molecule has 6 rings (SSSR count). The van der Waals surface area contributed by atoms with Gasteiger partial charge in [0.25, 0.3) is 5.91 Å². The number of amides is 1. The normalized spacial score (nSPS) is 22.0. The molecular formula is C26H30N8O. The fraction of sp³-hybridized carbons (Fsp3) is 0.462. The minimum Gasteiger partial charge on any atom is -0.366 e. The van der Waals surface area contributed by atoms with E-state index in [9.17, 15) is 4.79 Å². The van der Waals surface area contributed by atoms with Gasteiger partial charge < -0.3 is 20.1 Å². The number of piperazine rings is 1. The van der Waals surface area contributed by atoms with Crippen molar-refractivity contribution in [2.24, 2.45) is 0 Å². The third-order valence-electron chi connectivity index (χ3n) is 7.80. The molecule has 0 bridgehead atoms. The first-order valence-electron chi connectivity index (χ1n) is 12.4. The van der Waals surface area contributed by atoms with Crippen molar-refractivity contribution in [2.45, 2.75) is 43.7 Å². The van der Waals surface area contributed by atoms with E-state index >= 15 is 0 Å². The largest absolute Gasteiger partial charge is 0.366 e. The molecule has 2 fully saturated rings. The van der Waals surface area contributed by atoms with Crippen LogP contribution in [0.5, 0.6) is 0 Å². The van der Waals surface area contributed by atoms with E-state index in [1.54, 1.807) is 6.20 Å². The average Bonchev–Trinajstić information content (AvgIpc) is 3.29. The van der Waals surface area contributed by atoms with Gasteiger partial charge in [0.15, 0.2) is 0 Å². The monoisotopic (exact) mass is 470 g/mol. The molecular weight excluding hydrogens is 440 g/mol. The van der Waals surface area contributed by atoms with Crippen molar-refractivity contribution in [1.29, 1.82) is 0 Å². The second kappa shape index (κ2) is 8.54. The highest BCUT2D eigenvalue weighted by molar-refractivity contribution is 5.99. The summed E-state index contributed by atoms with van der Waals surface area (Å²) in [7, 11) is 2.06. The lowest BCUT2D eigenvalue weighted by atomic mass is 9.80. The number of likely N-dealkylation sites (N-methyl/N-ethyl adjacent to an activating group) is 1. The molecule has 1 aliphatic carbocycles. The Hall–Kier alpha value is -3.64. The number of pyridine rings is 1. The number of nitrogens with zero attached hydrogens (tertiary/aromatic N) is 6. The van der Waals surface area contributed by atoms with Gasteiger partial charge in [0.05, 0.1) is 23.5 Å². The van der Waals surface area contributed by atoms with Crippen LogP contribution < -0.4 is 15.5 Å². The number of nitrogens with one attached hydrogen (secondary N) is 2. The minimum absolute atomic E-state index is 0.0399. The van der Waals surface area contributed by atoms with Crippen molar-refractivity contribution in [1.82, 2.24) is 29.7 Å². The molecule has 1 amide bonds. The summed E-state index contributed by atoms with van der Waals surface area (Å²) >= 11 is 0. The summed E-state index contributed by atoms with van der Waals surface area (Å²) in [5, 5.41) is 7.23. The van der Waals surface area contributed by atoms with E-state index in [1.807, 2.05) is 24.4 Å². The van der Waals surface area contributed by atoms with Crippen LogP contribution in [0.25, 0.3) is 11.0 Å². The molecule has 1 saturated carbocycles. The Morgan fingerprint density at radius 2 is 2.03 bits per heavy atom. The van der Waals surface area contributed by atoms with Gasteiger partial charge in [-0.3, -0.25) is 9.69 Å². The minimum atomic E-state index is -0.104. The van der Waals surface area contributed by atoms with Gasteiger partial charge in [-0.25, -0.2) is 9.97 Å². The third kappa shape index (κ3) is 3.78. The lowest BCUT2D eigenvalue weighted by Crippen LogP contribution is -2.52. The highest BCUT2D eigenvalue weighted by atomic mass is 16.2. The first-order valence-corrected chi connectivity index (χ1v) is 12.4. The van der Waals surface area contributed by atoms with Crippen LogP contribution in [0.15, 0.2) is 30.6 Å². The third-order valence-corrected chi connectivity index (χ3v) is 7.80. The SMILES string of the molecule is C#CC1CN(c2ccc(Nc3ncc4cc5n(c4n3)C3(CCCCC3)CNC5=O)nc2)CCN1C. The van der Waals surface area contributed by atoms with E-state index in [-0.39, 0.29) is 17.5 Å². The summed E-state index contributed by atoms with van der Waals surface area (Å²) in [5.41, 5.74) is 2.43. The highest BCUT2D eigenvalue weighted by Crippen LogP contribution is 2.40. The van der Waals surface area contributed by atoms with Crippen LogP contribution in [0.4, 0.5) is 17.5 Å². The number of anilines is 3. The zero-order valence-corrected chi connectivity index (χ0v) is 20.0. The number of carbonyl (C=O) groups excluding carboxylic acids is 1. The molecule has 3 aromatic rings. The Kier molecular flexibility index (Phi) is 5.33. The predicted octanol–water partition coefficient (Wildman–Crippen LogP) is 2.73. The Bertz CT molecular complexity index is 1300.